The van der Waals surface area contributed by atoms with Crippen molar-refractivity contribution in [1.29, 1.82) is 0 Å². The molecule has 0 unspecified atom stereocenters. The molecule has 56 valence electrons. The van der Waals surface area contributed by atoms with Crippen molar-refractivity contribution < 1.29 is 0 Å². The van der Waals surface area contributed by atoms with E-state index >= 15 is 0 Å². The van der Waals surface area contributed by atoms with Crippen molar-refractivity contribution in [2.45, 2.75) is 0 Å². The lowest BCUT2D eigenvalue weighted by Crippen LogP contribution is -2.04. The summed E-state index contributed by atoms with van der Waals surface area (Å²) in [5.74, 6) is 0. The van der Waals surface area contributed by atoms with Crippen molar-refractivity contribution >= 4 is 11.0 Å². The van der Waals surface area contributed by atoms with E-state index in [0.717, 1.165) is 0 Å². The van der Waals surface area contributed by atoms with Gasteiger partial charge in [0.1, 0.15) is 5.39 Å². The normalized spacial score (nSPS) is 10.6. The van der Waals surface area contributed by atoms with Gasteiger partial charge in [0.05, 0.1) is 6.33 Å². The van der Waals surface area contributed by atoms with E-state index in [1.165, 1.54) is 6.33 Å². The molecule has 2 rings (SSSR count). The third-order valence-electron chi connectivity index (χ3n) is 1.44. The van der Waals surface area contributed by atoms with Crippen LogP contribution in [0.3, 0.4) is 0 Å². The molecular weight excluding hydrogens is 144 g/mol. The lowest BCUT2D eigenvalue weighted by Gasteiger charge is -1.81. The van der Waals surface area contributed by atoms with Gasteiger partial charge in [-0.2, -0.15) is 5.10 Å². The Labute approximate surface area is 61.7 Å². The molecule has 0 amide bonds. The van der Waals surface area contributed by atoms with Crippen LogP contribution in [-0.4, -0.2) is 19.7 Å². The molecular formula is C6H6N4O. The quantitative estimate of drug-likeness (QED) is 0.558. The van der Waals surface area contributed by atoms with E-state index in [1.807, 2.05) is 0 Å². The van der Waals surface area contributed by atoms with Crippen LogP contribution in [0.15, 0.2) is 17.3 Å². The second-order valence-electron chi connectivity index (χ2n) is 2.27. The summed E-state index contributed by atoms with van der Waals surface area (Å²) >= 11 is 0. The molecule has 0 aliphatic rings. The van der Waals surface area contributed by atoms with Gasteiger partial charge < -0.3 is 4.98 Å². The third kappa shape index (κ3) is 0.813. The topological polar surface area (TPSA) is 63.6 Å². The van der Waals surface area contributed by atoms with E-state index in [2.05, 4.69) is 15.1 Å². The lowest BCUT2D eigenvalue weighted by atomic mass is 10.4. The van der Waals surface area contributed by atoms with Crippen LogP contribution in [0, 0.1) is 0 Å². The van der Waals surface area contributed by atoms with E-state index in [4.69, 9.17) is 0 Å². The predicted octanol–water partition coefficient (Wildman–Crippen LogP) is -0.343. The smallest absolute Gasteiger partial charge is 0.261 e. The maximum atomic E-state index is 11.0. The molecule has 5 heteroatoms. The molecule has 5 nitrogen and oxygen atoms in total. The summed E-state index contributed by atoms with van der Waals surface area (Å²) in [4.78, 5) is 17.4. The fraction of sp³-hybridized carbons (Fsp3) is 0.167. The Bertz CT molecular complexity index is 441. The minimum Gasteiger partial charge on any atom is -0.312 e. The van der Waals surface area contributed by atoms with Crippen LogP contribution in [0.25, 0.3) is 11.0 Å². The number of aromatic amines is 1. The molecule has 0 radical (unpaired) electrons. The molecule has 0 fully saturated rings. The Kier molecular flexibility index (Phi) is 1.06. The van der Waals surface area contributed by atoms with Crippen molar-refractivity contribution in [3.05, 3.63) is 22.9 Å². The van der Waals surface area contributed by atoms with Gasteiger partial charge in [-0.25, -0.2) is 4.98 Å². The molecule has 0 atom stereocenters. The van der Waals surface area contributed by atoms with E-state index in [-0.39, 0.29) is 5.56 Å². The van der Waals surface area contributed by atoms with Gasteiger partial charge >= 0.3 is 0 Å². The molecule has 2 heterocycles. The molecule has 0 aliphatic carbocycles. The second-order valence-corrected chi connectivity index (χ2v) is 2.27. The molecule has 0 aliphatic heterocycles. The van der Waals surface area contributed by atoms with Crippen LogP contribution < -0.4 is 5.56 Å². The molecule has 2 aromatic rings. The first-order valence-electron chi connectivity index (χ1n) is 3.14. The summed E-state index contributed by atoms with van der Waals surface area (Å²) in [6.45, 7) is 0. The molecule has 0 aromatic carbocycles. The Morgan fingerprint density at radius 2 is 2.45 bits per heavy atom. The summed E-state index contributed by atoms with van der Waals surface area (Å²) in [6, 6.07) is 0. The average molecular weight is 150 g/mol. The van der Waals surface area contributed by atoms with Gasteiger partial charge in [-0.1, -0.05) is 0 Å². The third-order valence-corrected chi connectivity index (χ3v) is 1.44. The standard InChI is InChI=1S/C6H6N4O/c1-10-2-4-5(9-10)7-3-8-6(4)11/h2-3H,1H3,(H,7,8,9,11). The summed E-state index contributed by atoms with van der Waals surface area (Å²) in [6.07, 6.45) is 2.98. The van der Waals surface area contributed by atoms with Crippen molar-refractivity contribution in [1.82, 2.24) is 19.7 Å². The number of nitrogens with zero attached hydrogens (tertiary/aromatic N) is 3. The van der Waals surface area contributed by atoms with Crippen LogP contribution in [0.1, 0.15) is 0 Å². The molecule has 0 saturated carbocycles. The largest absolute Gasteiger partial charge is 0.312 e. The summed E-state index contributed by atoms with van der Waals surface area (Å²) in [5, 5.41) is 4.48. The minimum atomic E-state index is -0.150. The van der Waals surface area contributed by atoms with E-state index in [0.29, 0.717) is 11.0 Å². The molecule has 0 bridgehead atoms. The lowest BCUT2D eigenvalue weighted by molar-refractivity contribution is 0.775. The monoisotopic (exact) mass is 150 g/mol. The number of nitrogens with one attached hydrogen (secondary N) is 1. The Morgan fingerprint density at radius 1 is 1.64 bits per heavy atom. The van der Waals surface area contributed by atoms with Crippen LogP contribution in [-0.2, 0) is 7.05 Å². The fourth-order valence-electron chi connectivity index (χ4n) is 0.962. The zero-order valence-electron chi connectivity index (χ0n) is 5.90. The van der Waals surface area contributed by atoms with Crippen LogP contribution in [0.4, 0.5) is 0 Å². The predicted molar refractivity (Wildman–Crippen MR) is 39.1 cm³/mol. The highest BCUT2D eigenvalue weighted by atomic mass is 16.1. The maximum absolute atomic E-state index is 11.0. The van der Waals surface area contributed by atoms with E-state index < -0.39 is 0 Å². The number of hydrogen-bond donors (Lipinski definition) is 1. The average Bonchev–Trinajstić information content (AvgIpc) is 2.31. The number of H-pyrrole nitrogens is 1. The Morgan fingerprint density at radius 3 is 3.18 bits per heavy atom. The zero-order chi connectivity index (χ0) is 7.84. The molecule has 1 N–H and O–H groups in total. The van der Waals surface area contributed by atoms with E-state index in [1.54, 1.807) is 17.9 Å². The van der Waals surface area contributed by atoms with Gasteiger partial charge in [0.2, 0.25) is 0 Å². The number of hydrogen-bond acceptors (Lipinski definition) is 3. The number of fused-ring (bicyclic) bond motifs is 1. The Balaban J connectivity index is 3.02. The van der Waals surface area contributed by atoms with Crippen LogP contribution >= 0.6 is 0 Å². The first kappa shape index (κ1) is 6.09. The first-order valence-corrected chi connectivity index (χ1v) is 3.14. The maximum Gasteiger partial charge on any atom is 0.261 e. The fourth-order valence-corrected chi connectivity index (χ4v) is 0.962. The summed E-state index contributed by atoms with van der Waals surface area (Å²) in [5.41, 5.74) is 0.333. The van der Waals surface area contributed by atoms with Crippen LogP contribution in [0.2, 0.25) is 0 Å². The molecule has 0 saturated heterocycles. The van der Waals surface area contributed by atoms with Gasteiger partial charge in [-0.15, -0.1) is 0 Å². The van der Waals surface area contributed by atoms with Gasteiger partial charge in [-0.3, -0.25) is 9.48 Å². The van der Waals surface area contributed by atoms with Crippen molar-refractivity contribution in [3.63, 3.8) is 0 Å². The molecule has 2 aromatic heterocycles. The number of rotatable bonds is 0. The van der Waals surface area contributed by atoms with Gasteiger partial charge in [0.15, 0.2) is 5.65 Å². The van der Waals surface area contributed by atoms with Crippen molar-refractivity contribution in [2.24, 2.45) is 7.05 Å². The van der Waals surface area contributed by atoms with Gasteiger partial charge in [-0.05, 0) is 0 Å². The summed E-state index contributed by atoms with van der Waals surface area (Å²) in [7, 11) is 1.75. The highest BCUT2D eigenvalue weighted by molar-refractivity contribution is 5.71. The zero-order valence-corrected chi connectivity index (χ0v) is 5.90. The second kappa shape index (κ2) is 1.91. The molecule has 11 heavy (non-hydrogen) atoms. The van der Waals surface area contributed by atoms with Crippen molar-refractivity contribution in [2.75, 3.05) is 0 Å². The van der Waals surface area contributed by atoms with Crippen LogP contribution in [0.5, 0.6) is 0 Å². The highest BCUT2D eigenvalue weighted by Crippen LogP contribution is 1.99. The number of aryl methyl sites for hydroxylation is 1. The van der Waals surface area contributed by atoms with Crippen molar-refractivity contribution in [3.8, 4) is 0 Å². The first-order chi connectivity index (χ1) is 5.27. The van der Waals surface area contributed by atoms with Gasteiger partial charge in [0.25, 0.3) is 5.56 Å². The minimum absolute atomic E-state index is 0.150. The Hall–Kier alpha value is -1.65. The van der Waals surface area contributed by atoms with E-state index in [9.17, 15) is 4.79 Å². The summed E-state index contributed by atoms with van der Waals surface area (Å²) < 4.78 is 1.56. The molecule has 0 spiro atoms. The number of aromatic nitrogens is 4. The van der Waals surface area contributed by atoms with Gasteiger partial charge in [0, 0.05) is 13.2 Å². The SMILES string of the molecule is Cn1cc2c(=O)[nH]cnc2n1. The highest BCUT2D eigenvalue weighted by Gasteiger charge is 2.01.